The summed E-state index contributed by atoms with van der Waals surface area (Å²) in [5, 5.41) is 11.5. The van der Waals surface area contributed by atoms with Crippen LogP contribution in [0.25, 0.3) is 16.8 Å². The molecule has 0 aliphatic carbocycles. The standard InChI is InChI=1S/C24H24N2O5S/c1-31-23-16-18(6-10-22(23)27)7-11-24(28)25-12-14-26(15-13-25)32(29,30)21-9-8-19-4-2-3-5-20(19)17-21/h2-11,16-17,27H,12-15H2,1H3/b11-7+. The van der Waals surface area contributed by atoms with Crippen LogP contribution in [-0.4, -0.2) is 61.9 Å². The number of carbonyl (C=O) groups is 1. The van der Waals surface area contributed by atoms with Crippen LogP contribution < -0.4 is 4.74 Å². The molecule has 1 N–H and O–H groups in total. The van der Waals surface area contributed by atoms with Gasteiger partial charge in [-0.15, -0.1) is 0 Å². The maximum atomic E-state index is 13.1. The minimum absolute atomic E-state index is 0.0275. The van der Waals surface area contributed by atoms with Crippen LogP contribution >= 0.6 is 0 Å². The first kappa shape index (κ1) is 21.9. The monoisotopic (exact) mass is 452 g/mol. The Kier molecular flexibility index (Phi) is 6.16. The third kappa shape index (κ3) is 4.46. The molecule has 8 heteroatoms. The zero-order valence-corrected chi connectivity index (χ0v) is 18.5. The molecule has 1 amide bonds. The molecule has 0 unspecified atom stereocenters. The number of phenols is 1. The molecular formula is C24H24N2O5S. The molecule has 166 valence electrons. The van der Waals surface area contributed by atoms with Gasteiger partial charge in [0.15, 0.2) is 11.5 Å². The third-order valence-corrected chi connectivity index (χ3v) is 7.43. The van der Waals surface area contributed by atoms with E-state index in [2.05, 4.69) is 0 Å². The quantitative estimate of drug-likeness (QED) is 0.601. The second-order valence-corrected chi connectivity index (χ2v) is 9.44. The summed E-state index contributed by atoms with van der Waals surface area (Å²) in [6.07, 6.45) is 3.09. The zero-order chi connectivity index (χ0) is 22.7. The van der Waals surface area contributed by atoms with Crippen molar-refractivity contribution in [1.29, 1.82) is 0 Å². The molecular weight excluding hydrogens is 428 g/mol. The number of nitrogens with zero attached hydrogens (tertiary/aromatic N) is 2. The molecule has 0 bridgehead atoms. The van der Waals surface area contributed by atoms with Gasteiger partial charge in [-0.1, -0.05) is 36.4 Å². The van der Waals surface area contributed by atoms with Gasteiger partial charge < -0.3 is 14.7 Å². The van der Waals surface area contributed by atoms with Crippen LogP contribution in [0.2, 0.25) is 0 Å². The highest BCUT2D eigenvalue weighted by molar-refractivity contribution is 7.89. The Morgan fingerprint density at radius 1 is 0.969 bits per heavy atom. The van der Waals surface area contributed by atoms with Crippen LogP contribution in [-0.2, 0) is 14.8 Å². The summed E-state index contributed by atoms with van der Waals surface area (Å²) in [7, 11) is -2.17. The minimum atomic E-state index is -3.63. The summed E-state index contributed by atoms with van der Waals surface area (Å²) >= 11 is 0. The van der Waals surface area contributed by atoms with E-state index >= 15 is 0 Å². The van der Waals surface area contributed by atoms with Crippen molar-refractivity contribution in [2.24, 2.45) is 0 Å². The Balaban J connectivity index is 1.41. The molecule has 1 heterocycles. The van der Waals surface area contributed by atoms with Crippen LogP contribution in [0.4, 0.5) is 0 Å². The molecule has 0 atom stereocenters. The van der Waals surface area contributed by atoms with Gasteiger partial charge in [0.1, 0.15) is 0 Å². The van der Waals surface area contributed by atoms with Crippen molar-refractivity contribution < 1.29 is 23.1 Å². The maximum Gasteiger partial charge on any atom is 0.246 e. The molecule has 1 fully saturated rings. The molecule has 32 heavy (non-hydrogen) atoms. The number of hydrogen-bond acceptors (Lipinski definition) is 5. The van der Waals surface area contributed by atoms with Crippen molar-refractivity contribution in [3.63, 3.8) is 0 Å². The first-order valence-electron chi connectivity index (χ1n) is 10.2. The third-order valence-electron chi connectivity index (χ3n) is 5.53. The lowest BCUT2D eigenvalue weighted by atomic mass is 10.1. The van der Waals surface area contributed by atoms with Crippen LogP contribution in [0.1, 0.15) is 5.56 Å². The lowest BCUT2D eigenvalue weighted by Gasteiger charge is -2.33. The van der Waals surface area contributed by atoms with Crippen LogP contribution in [0.3, 0.4) is 0 Å². The lowest BCUT2D eigenvalue weighted by Crippen LogP contribution is -2.50. The molecule has 1 aliphatic rings. The highest BCUT2D eigenvalue weighted by atomic mass is 32.2. The fraction of sp³-hybridized carbons (Fsp3) is 0.208. The van der Waals surface area contributed by atoms with E-state index in [-0.39, 0.29) is 29.6 Å². The van der Waals surface area contributed by atoms with Gasteiger partial charge in [0.2, 0.25) is 15.9 Å². The topological polar surface area (TPSA) is 87.2 Å². The number of carbonyl (C=O) groups excluding carboxylic acids is 1. The van der Waals surface area contributed by atoms with Gasteiger partial charge in [-0.05, 0) is 46.7 Å². The smallest absolute Gasteiger partial charge is 0.246 e. The summed E-state index contributed by atoms with van der Waals surface area (Å²) in [6, 6.07) is 17.6. The van der Waals surface area contributed by atoms with Crippen LogP contribution in [0, 0.1) is 0 Å². The number of piperazine rings is 1. The average molecular weight is 453 g/mol. The van der Waals surface area contributed by atoms with Crippen molar-refractivity contribution in [1.82, 2.24) is 9.21 Å². The van der Waals surface area contributed by atoms with Crippen molar-refractivity contribution >= 4 is 32.8 Å². The number of rotatable bonds is 5. The van der Waals surface area contributed by atoms with E-state index in [1.807, 2.05) is 30.3 Å². The molecule has 0 saturated carbocycles. The molecule has 3 aromatic carbocycles. The number of amides is 1. The van der Waals surface area contributed by atoms with Gasteiger partial charge in [-0.2, -0.15) is 4.31 Å². The number of phenolic OH excluding ortho intramolecular Hbond substituents is 1. The Hall–Kier alpha value is -3.36. The van der Waals surface area contributed by atoms with Crippen molar-refractivity contribution in [2.75, 3.05) is 33.3 Å². The maximum absolute atomic E-state index is 13.1. The molecule has 3 aromatic rings. The fourth-order valence-corrected chi connectivity index (χ4v) is 5.15. The minimum Gasteiger partial charge on any atom is -0.504 e. The number of hydrogen-bond donors (Lipinski definition) is 1. The van der Waals surface area contributed by atoms with Gasteiger partial charge in [0, 0.05) is 32.3 Å². The lowest BCUT2D eigenvalue weighted by molar-refractivity contribution is -0.127. The van der Waals surface area contributed by atoms with Crippen LogP contribution in [0.5, 0.6) is 11.5 Å². The Bertz CT molecular complexity index is 1280. The number of methoxy groups -OCH3 is 1. The number of aromatic hydroxyl groups is 1. The summed E-state index contributed by atoms with van der Waals surface area (Å²) in [6.45, 7) is 1.10. The summed E-state index contributed by atoms with van der Waals surface area (Å²) in [5.74, 6) is 0.159. The molecule has 0 spiro atoms. The van der Waals surface area contributed by atoms with Crippen molar-refractivity contribution in [3.05, 3.63) is 72.3 Å². The number of fused-ring (bicyclic) bond motifs is 1. The molecule has 1 saturated heterocycles. The second-order valence-electron chi connectivity index (χ2n) is 7.50. The second kappa shape index (κ2) is 9.02. The summed E-state index contributed by atoms with van der Waals surface area (Å²) in [4.78, 5) is 14.4. The van der Waals surface area contributed by atoms with E-state index in [0.717, 1.165) is 10.8 Å². The largest absolute Gasteiger partial charge is 0.504 e. The number of ether oxygens (including phenoxy) is 1. The van der Waals surface area contributed by atoms with E-state index in [4.69, 9.17) is 4.74 Å². The Labute approximate surface area is 187 Å². The normalized spacial score (nSPS) is 15.3. The first-order chi connectivity index (χ1) is 15.4. The Morgan fingerprint density at radius 2 is 1.69 bits per heavy atom. The van der Waals surface area contributed by atoms with Gasteiger partial charge >= 0.3 is 0 Å². The van der Waals surface area contributed by atoms with Gasteiger partial charge in [0.25, 0.3) is 0 Å². The number of sulfonamides is 1. The average Bonchev–Trinajstić information content (AvgIpc) is 2.83. The summed E-state index contributed by atoms with van der Waals surface area (Å²) in [5.41, 5.74) is 0.713. The van der Waals surface area contributed by atoms with Crippen LogP contribution in [0.15, 0.2) is 71.6 Å². The molecule has 0 aromatic heterocycles. The summed E-state index contributed by atoms with van der Waals surface area (Å²) < 4.78 is 32.7. The van der Waals surface area contributed by atoms with E-state index in [0.29, 0.717) is 24.4 Å². The van der Waals surface area contributed by atoms with E-state index in [1.54, 1.807) is 35.2 Å². The molecule has 7 nitrogen and oxygen atoms in total. The molecule has 4 rings (SSSR count). The van der Waals surface area contributed by atoms with Gasteiger partial charge in [-0.3, -0.25) is 4.79 Å². The van der Waals surface area contributed by atoms with Crippen molar-refractivity contribution in [3.8, 4) is 11.5 Å². The predicted octanol–water partition coefficient (Wildman–Crippen LogP) is 3.10. The van der Waals surface area contributed by atoms with E-state index in [9.17, 15) is 18.3 Å². The highest BCUT2D eigenvalue weighted by Gasteiger charge is 2.29. The fourth-order valence-electron chi connectivity index (χ4n) is 3.70. The van der Waals surface area contributed by atoms with Crippen molar-refractivity contribution in [2.45, 2.75) is 4.90 Å². The van der Waals surface area contributed by atoms with E-state index in [1.165, 1.54) is 23.6 Å². The zero-order valence-electron chi connectivity index (χ0n) is 17.6. The molecule has 0 radical (unpaired) electrons. The predicted molar refractivity (Wildman–Crippen MR) is 123 cm³/mol. The Morgan fingerprint density at radius 3 is 2.41 bits per heavy atom. The van der Waals surface area contributed by atoms with Gasteiger partial charge in [0.05, 0.1) is 12.0 Å². The van der Waals surface area contributed by atoms with Gasteiger partial charge in [-0.25, -0.2) is 8.42 Å². The van der Waals surface area contributed by atoms with E-state index < -0.39 is 10.0 Å². The molecule has 1 aliphatic heterocycles. The SMILES string of the molecule is COc1cc(/C=C/C(=O)N2CCN(S(=O)(=O)c3ccc4ccccc4c3)CC2)ccc1O. The number of benzene rings is 3. The highest BCUT2D eigenvalue weighted by Crippen LogP contribution is 2.27. The first-order valence-corrected chi connectivity index (χ1v) is 11.7.